The first-order valence-electron chi connectivity index (χ1n) is 10.6. The number of esters is 1. The van der Waals surface area contributed by atoms with Gasteiger partial charge in [-0.3, -0.25) is 4.79 Å². The van der Waals surface area contributed by atoms with Crippen LogP contribution in [0.2, 0.25) is 0 Å². The molecule has 0 atom stereocenters. The van der Waals surface area contributed by atoms with Crippen molar-refractivity contribution in [2.24, 2.45) is 0 Å². The first-order valence-corrected chi connectivity index (χ1v) is 10.6. The Bertz CT molecular complexity index is 1180. The number of carbonyl (C=O) groups excluding carboxylic acids is 2. The summed E-state index contributed by atoms with van der Waals surface area (Å²) in [5.74, 6) is -0.0668. The SMILES string of the molecule is COC(=O)Cc1ccc(OC)c(-c2ccc(C(F)(F)F)cc2CNC(=O)OCc2ccccc2)c1. The molecule has 0 aliphatic rings. The summed E-state index contributed by atoms with van der Waals surface area (Å²) >= 11 is 0. The number of amides is 1. The van der Waals surface area contributed by atoms with Crippen molar-refractivity contribution in [2.75, 3.05) is 14.2 Å². The fourth-order valence-electron chi connectivity index (χ4n) is 3.44. The lowest BCUT2D eigenvalue weighted by Gasteiger charge is -2.17. The van der Waals surface area contributed by atoms with Gasteiger partial charge in [0.05, 0.1) is 26.2 Å². The van der Waals surface area contributed by atoms with E-state index in [2.05, 4.69) is 5.32 Å². The van der Waals surface area contributed by atoms with Crippen molar-refractivity contribution in [3.05, 3.63) is 89.0 Å². The maximum atomic E-state index is 13.4. The highest BCUT2D eigenvalue weighted by Gasteiger charge is 2.31. The van der Waals surface area contributed by atoms with Crippen LogP contribution in [0.25, 0.3) is 11.1 Å². The highest BCUT2D eigenvalue weighted by atomic mass is 19.4. The minimum Gasteiger partial charge on any atom is -0.496 e. The molecule has 1 amide bonds. The highest BCUT2D eigenvalue weighted by molar-refractivity contribution is 5.78. The van der Waals surface area contributed by atoms with Gasteiger partial charge in [-0.25, -0.2) is 4.79 Å². The van der Waals surface area contributed by atoms with Gasteiger partial charge in [0, 0.05) is 12.1 Å². The number of hydrogen-bond acceptors (Lipinski definition) is 5. The third-order valence-electron chi connectivity index (χ3n) is 5.20. The number of rotatable bonds is 8. The molecule has 6 nitrogen and oxygen atoms in total. The zero-order chi connectivity index (χ0) is 25.4. The van der Waals surface area contributed by atoms with Gasteiger partial charge in [-0.05, 0) is 46.5 Å². The molecule has 0 unspecified atom stereocenters. The monoisotopic (exact) mass is 487 g/mol. The molecular weight excluding hydrogens is 463 g/mol. The Hall–Kier alpha value is -4.01. The molecule has 0 fully saturated rings. The standard InChI is InChI=1S/C26H24F3NO5/c1-33-23-11-8-18(13-24(31)34-2)12-22(23)21-10-9-20(26(27,28)29)14-19(21)15-30-25(32)35-16-17-6-4-3-5-7-17/h3-12,14H,13,15-16H2,1-2H3,(H,30,32). The molecule has 0 saturated heterocycles. The molecular formula is C26H24F3NO5. The summed E-state index contributed by atoms with van der Waals surface area (Å²) in [5.41, 5.74) is 1.58. The lowest BCUT2D eigenvalue weighted by molar-refractivity contribution is -0.140. The van der Waals surface area contributed by atoms with Crippen LogP contribution in [0.4, 0.5) is 18.0 Å². The van der Waals surface area contributed by atoms with Crippen LogP contribution < -0.4 is 10.1 Å². The van der Waals surface area contributed by atoms with E-state index in [-0.39, 0.29) is 25.1 Å². The van der Waals surface area contributed by atoms with Crippen molar-refractivity contribution < 1.29 is 37.0 Å². The van der Waals surface area contributed by atoms with Crippen LogP contribution in [0.5, 0.6) is 5.75 Å². The molecule has 0 aliphatic heterocycles. The molecule has 3 aromatic rings. The molecule has 0 bridgehead atoms. The lowest BCUT2D eigenvalue weighted by Crippen LogP contribution is -2.24. The average molecular weight is 487 g/mol. The van der Waals surface area contributed by atoms with Crippen LogP contribution in [0, 0.1) is 0 Å². The van der Waals surface area contributed by atoms with E-state index in [0.29, 0.717) is 22.4 Å². The van der Waals surface area contributed by atoms with Crippen LogP contribution in [-0.2, 0) is 40.0 Å². The molecule has 0 aliphatic carbocycles. The minimum atomic E-state index is -4.57. The number of alkyl carbamates (subject to hydrolysis) is 1. The summed E-state index contributed by atoms with van der Waals surface area (Å²) in [5, 5.41) is 2.51. The average Bonchev–Trinajstić information content (AvgIpc) is 2.86. The molecule has 0 spiro atoms. The van der Waals surface area contributed by atoms with Crippen molar-refractivity contribution in [1.29, 1.82) is 0 Å². The summed E-state index contributed by atoms with van der Waals surface area (Å²) in [6, 6.07) is 17.2. The Kier molecular flexibility index (Phi) is 8.35. The second-order valence-corrected chi connectivity index (χ2v) is 7.57. The first kappa shape index (κ1) is 25.6. The summed E-state index contributed by atoms with van der Waals surface area (Å²) in [7, 11) is 2.70. The minimum absolute atomic E-state index is 0.0194. The van der Waals surface area contributed by atoms with Gasteiger partial charge in [0.2, 0.25) is 0 Å². The molecule has 1 N–H and O–H groups in total. The van der Waals surface area contributed by atoms with Crippen LogP contribution in [0.1, 0.15) is 22.3 Å². The van der Waals surface area contributed by atoms with E-state index in [1.165, 1.54) is 20.3 Å². The molecule has 0 saturated carbocycles. The largest absolute Gasteiger partial charge is 0.496 e. The number of hydrogen-bond donors (Lipinski definition) is 1. The third kappa shape index (κ3) is 6.99. The Morgan fingerprint density at radius 2 is 1.63 bits per heavy atom. The molecule has 0 radical (unpaired) electrons. The molecule has 3 rings (SSSR count). The third-order valence-corrected chi connectivity index (χ3v) is 5.20. The molecule has 35 heavy (non-hydrogen) atoms. The number of carbonyl (C=O) groups is 2. The van der Waals surface area contributed by atoms with Crippen LogP contribution in [-0.4, -0.2) is 26.3 Å². The van der Waals surface area contributed by atoms with Gasteiger partial charge in [-0.2, -0.15) is 13.2 Å². The number of ether oxygens (including phenoxy) is 3. The molecule has 0 aromatic heterocycles. The van der Waals surface area contributed by atoms with Crippen LogP contribution in [0.15, 0.2) is 66.7 Å². The second kappa shape index (κ2) is 11.4. The quantitative estimate of drug-likeness (QED) is 0.424. The van der Waals surface area contributed by atoms with E-state index < -0.39 is 23.8 Å². The highest BCUT2D eigenvalue weighted by Crippen LogP contribution is 2.37. The second-order valence-electron chi connectivity index (χ2n) is 7.57. The summed E-state index contributed by atoms with van der Waals surface area (Å²) in [4.78, 5) is 23.9. The number of nitrogens with one attached hydrogen (secondary N) is 1. The van der Waals surface area contributed by atoms with Gasteiger partial charge in [-0.1, -0.05) is 42.5 Å². The number of alkyl halides is 3. The van der Waals surface area contributed by atoms with E-state index in [1.807, 2.05) is 6.07 Å². The fraction of sp³-hybridized carbons (Fsp3) is 0.231. The molecule has 184 valence electrons. The topological polar surface area (TPSA) is 73.9 Å². The predicted molar refractivity (Wildman–Crippen MR) is 123 cm³/mol. The van der Waals surface area contributed by atoms with Gasteiger partial charge >= 0.3 is 18.2 Å². The van der Waals surface area contributed by atoms with Crippen molar-refractivity contribution in [2.45, 2.75) is 25.7 Å². The number of methoxy groups -OCH3 is 2. The van der Waals surface area contributed by atoms with Gasteiger partial charge in [0.25, 0.3) is 0 Å². The Labute approximate surface area is 200 Å². The zero-order valence-electron chi connectivity index (χ0n) is 19.1. The summed E-state index contributed by atoms with van der Waals surface area (Å²) in [6.07, 6.45) is -5.37. The van der Waals surface area contributed by atoms with Gasteiger partial charge in [0.1, 0.15) is 12.4 Å². The number of halogens is 3. The predicted octanol–water partition coefficient (Wildman–Crippen LogP) is 5.52. The maximum absolute atomic E-state index is 13.4. The first-order chi connectivity index (χ1) is 16.7. The Morgan fingerprint density at radius 1 is 0.886 bits per heavy atom. The Morgan fingerprint density at radius 3 is 2.29 bits per heavy atom. The maximum Gasteiger partial charge on any atom is 0.416 e. The molecule has 3 aromatic carbocycles. The van der Waals surface area contributed by atoms with E-state index >= 15 is 0 Å². The normalized spacial score (nSPS) is 11.0. The van der Waals surface area contributed by atoms with E-state index in [0.717, 1.165) is 17.7 Å². The van der Waals surface area contributed by atoms with E-state index in [9.17, 15) is 22.8 Å². The van der Waals surface area contributed by atoms with Gasteiger partial charge in [-0.15, -0.1) is 0 Å². The van der Waals surface area contributed by atoms with Crippen molar-refractivity contribution >= 4 is 12.1 Å². The van der Waals surface area contributed by atoms with Crippen molar-refractivity contribution in [3.63, 3.8) is 0 Å². The van der Waals surface area contributed by atoms with E-state index in [1.54, 1.807) is 42.5 Å². The van der Waals surface area contributed by atoms with Gasteiger partial charge in [0.15, 0.2) is 0 Å². The Balaban J connectivity index is 1.90. The van der Waals surface area contributed by atoms with Crippen LogP contribution in [0.3, 0.4) is 0 Å². The zero-order valence-corrected chi connectivity index (χ0v) is 19.1. The molecule has 9 heteroatoms. The summed E-state index contributed by atoms with van der Waals surface area (Å²) in [6.45, 7) is -0.206. The summed E-state index contributed by atoms with van der Waals surface area (Å²) < 4.78 is 55.5. The van der Waals surface area contributed by atoms with Gasteiger partial charge < -0.3 is 19.5 Å². The fourth-order valence-corrected chi connectivity index (χ4v) is 3.44. The van der Waals surface area contributed by atoms with Crippen molar-refractivity contribution in [3.8, 4) is 16.9 Å². The van der Waals surface area contributed by atoms with E-state index in [4.69, 9.17) is 14.2 Å². The molecule has 0 heterocycles. The number of benzene rings is 3. The lowest BCUT2D eigenvalue weighted by atomic mass is 9.94. The van der Waals surface area contributed by atoms with Crippen molar-refractivity contribution in [1.82, 2.24) is 5.32 Å². The smallest absolute Gasteiger partial charge is 0.416 e. The van der Waals surface area contributed by atoms with Crippen LogP contribution >= 0.6 is 0 Å².